The molecule has 1 heterocycles. The molecular weight excluding hydrogens is 198 g/mol. The van der Waals surface area contributed by atoms with Crippen LogP contribution in [0.2, 0.25) is 0 Å². The SMILES string of the molecule is CC(C)c1c(CO)nnn1CC(O)CO. The minimum Gasteiger partial charge on any atom is -0.394 e. The van der Waals surface area contributed by atoms with E-state index in [1.54, 1.807) is 0 Å². The highest BCUT2D eigenvalue weighted by Gasteiger charge is 2.17. The zero-order valence-electron chi connectivity index (χ0n) is 8.96. The molecule has 0 fully saturated rings. The lowest BCUT2D eigenvalue weighted by molar-refractivity contribution is 0.0768. The van der Waals surface area contributed by atoms with Crippen molar-refractivity contribution in [3.05, 3.63) is 11.4 Å². The van der Waals surface area contributed by atoms with Crippen LogP contribution in [0.1, 0.15) is 31.2 Å². The summed E-state index contributed by atoms with van der Waals surface area (Å²) in [5.74, 6) is 0.160. The van der Waals surface area contributed by atoms with Gasteiger partial charge in [-0.2, -0.15) is 0 Å². The van der Waals surface area contributed by atoms with Crippen LogP contribution in [-0.2, 0) is 13.2 Å². The van der Waals surface area contributed by atoms with Gasteiger partial charge in [-0.3, -0.25) is 0 Å². The van der Waals surface area contributed by atoms with Crippen molar-refractivity contribution in [1.29, 1.82) is 0 Å². The summed E-state index contributed by atoms with van der Waals surface area (Å²) < 4.78 is 1.52. The van der Waals surface area contributed by atoms with Crippen LogP contribution >= 0.6 is 0 Å². The largest absolute Gasteiger partial charge is 0.394 e. The predicted octanol–water partition coefficient (Wildman–Crippen LogP) is -0.753. The summed E-state index contributed by atoms with van der Waals surface area (Å²) in [5, 5.41) is 34.7. The molecule has 1 aromatic rings. The second kappa shape index (κ2) is 5.20. The molecule has 0 spiro atoms. The molecule has 0 aromatic carbocycles. The van der Waals surface area contributed by atoms with E-state index in [4.69, 9.17) is 10.2 Å². The van der Waals surface area contributed by atoms with E-state index >= 15 is 0 Å². The highest BCUT2D eigenvalue weighted by molar-refractivity contribution is 5.13. The van der Waals surface area contributed by atoms with Gasteiger partial charge in [0.15, 0.2) is 0 Å². The van der Waals surface area contributed by atoms with E-state index in [1.807, 2.05) is 13.8 Å². The van der Waals surface area contributed by atoms with E-state index in [1.165, 1.54) is 4.68 Å². The van der Waals surface area contributed by atoms with Gasteiger partial charge in [-0.1, -0.05) is 19.1 Å². The van der Waals surface area contributed by atoms with Crippen molar-refractivity contribution in [3.63, 3.8) is 0 Å². The Morgan fingerprint density at radius 2 is 2.00 bits per heavy atom. The minimum absolute atomic E-state index is 0.160. The fourth-order valence-corrected chi connectivity index (χ4v) is 1.49. The second-order valence-electron chi connectivity index (χ2n) is 3.75. The Morgan fingerprint density at radius 3 is 2.47 bits per heavy atom. The summed E-state index contributed by atoms with van der Waals surface area (Å²) in [7, 11) is 0. The maximum Gasteiger partial charge on any atom is 0.112 e. The highest BCUT2D eigenvalue weighted by Crippen LogP contribution is 2.17. The Bertz CT molecular complexity index is 312. The molecule has 0 aliphatic heterocycles. The first-order valence-corrected chi connectivity index (χ1v) is 4.92. The van der Waals surface area contributed by atoms with Crippen LogP contribution in [0.4, 0.5) is 0 Å². The van der Waals surface area contributed by atoms with Gasteiger partial charge >= 0.3 is 0 Å². The number of rotatable bonds is 5. The summed E-state index contributed by atoms with van der Waals surface area (Å²) in [5.41, 5.74) is 1.32. The maximum atomic E-state index is 9.30. The molecule has 0 saturated carbocycles. The highest BCUT2D eigenvalue weighted by atomic mass is 16.3. The third kappa shape index (κ3) is 2.74. The lowest BCUT2D eigenvalue weighted by atomic mass is 10.1. The Labute approximate surface area is 88.2 Å². The minimum atomic E-state index is -0.851. The first-order valence-electron chi connectivity index (χ1n) is 4.92. The molecule has 0 bridgehead atoms. The quantitative estimate of drug-likeness (QED) is 0.601. The van der Waals surface area contributed by atoms with Gasteiger partial charge in [0.2, 0.25) is 0 Å². The Morgan fingerprint density at radius 1 is 1.33 bits per heavy atom. The van der Waals surface area contributed by atoms with E-state index in [0.29, 0.717) is 5.69 Å². The van der Waals surface area contributed by atoms with Crippen molar-refractivity contribution in [2.75, 3.05) is 6.61 Å². The smallest absolute Gasteiger partial charge is 0.112 e. The van der Waals surface area contributed by atoms with Gasteiger partial charge < -0.3 is 15.3 Å². The van der Waals surface area contributed by atoms with E-state index in [2.05, 4.69) is 10.3 Å². The summed E-state index contributed by atoms with van der Waals surface area (Å²) in [6, 6.07) is 0. The van der Waals surface area contributed by atoms with Crippen LogP contribution in [0.5, 0.6) is 0 Å². The summed E-state index contributed by atoms with van der Waals surface area (Å²) in [4.78, 5) is 0. The molecule has 0 amide bonds. The monoisotopic (exact) mass is 215 g/mol. The summed E-state index contributed by atoms with van der Waals surface area (Å²) in [6.07, 6.45) is -0.851. The van der Waals surface area contributed by atoms with Gasteiger partial charge in [-0.05, 0) is 5.92 Å². The zero-order valence-corrected chi connectivity index (χ0v) is 8.96. The van der Waals surface area contributed by atoms with Crippen molar-refractivity contribution in [2.24, 2.45) is 0 Å². The number of aromatic nitrogens is 3. The van der Waals surface area contributed by atoms with Gasteiger partial charge in [-0.15, -0.1) is 5.10 Å². The normalized spacial score (nSPS) is 13.5. The Balaban J connectivity index is 2.92. The van der Waals surface area contributed by atoms with Crippen LogP contribution in [0.15, 0.2) is 0 Å². The van der Waals surface area contributed by atoms with Crippen LogP contribution in [0.3, 0.4) is 0 Å². The molecule has 1 unspecified atom stereocenters. The van der Waals surface area contributed by atoms with Crippen LogP contribution in [0.25, 0.3) is 0 Å². The summed E-state index contributed by atoms with van der Waals surface area (Å²) in [6.45, 7) is 3.63. The van der Waals surface area contributed by atoms with Crippen molar-refractivity contribution in [3.8, 4) is 0 Å². The molecule has 1 aromatic heterocycles. The van der Waals surface area contributed by atoms with Gasteiger partial charge in [0.05, 0.1) is 31.6 Å². The predicted molar refractivity (Wildman–Crippen MR) is 53.1 cm³/mol. The van der Waals surface area contributed by atoms with E-state index in [-0.39, 0.29) is 25.7 Å². The maximum absolute atomic E-state index is 9.30. The molecule has 6 heteroatoms. The van der Waals surface area contributed by atoms with Gasteiger partial charge in [0, 0.05) is 0 Å². The number of hydrogen-bond acceptors (Lipinski definition) is 5. The van der Waals surface area contributed by atoms with Crippen molar-refractivity contribution < 1.29 is 15.3 Å². The number of nitrogens with zero attached hydrogens (tertiary/aromatic N) is 3. The molecule has 0 aliphatic carbocycles. The lowest BCUT2D eigenvalue weighted by Crippen LogP contribution is -2.22. The van der Waals surface area contributed by atoms with Crippen molar-refractivity contribution in [2.45, 2.75) is 39.0 Å². The molecule has 6 nitrogen and oxygen atoms in total. The molecule has 0 saturated heterocycles. The average molecular weight is 215 g/mol. The number of aliphatic hydroxyl groups is 3. The molecule has 3 N–H and O–H groups in total. The molecule has 0 aliphatic rings. The molecular formula is C9H17N3O3. The van der Waals surface area contributed by atoms with Crippen LogP contribution in [0, 0.1) is 0 Å². The molecule has 1 rings (SSSR count). The van der Waals surface area contributed by atoms with Crippen LogP contribution < -0.4 is 0 Å². The third-order valence-electron chi connectivity index (χ3n) is 2.14. The van der Waals surface area contributed by atoms with Gasteiger partial charge in [0.1, 0.15) is 5.69 Å². The topological polar surface area (TPSA) is 91.4 Å². The Kier molecular flexibility index (Phi) is 4.19. The lowest BCUT2D eigenvalue weighted by Gasteiger charge is -2.12. The molecule has 1 atom stereocenters. The molecule has 0 radical (unpaired) electrons. The van der Waals surface area contributed by atoms with Crippen molar-refractivity contribution >= 4 is 0 Å². The average Bonchev–Trinajstić information content (AvgIpc) is 2.60. The van der Waals surface area contributed by atoms with E-state index < -0.39 is 6.10 Å². The van der Waals surface area contributed by atoms with Gasteiger partial charge in [0.25, 0.3) is 0 Å². The third-order valence-corrected chi connectivity index (χ3v) is 2.14. The Hall–Kier alpha value is -0.980. The summed E-state index contributed by atoms with van der Waals surface area (Å²) >= 11 is 0. The number of aliphatic hydroxyl groups excluding tert-OH is 3. The van der Waals surface area contributed by atoms with Gasteiger partial charge in [-0.25, -0.2) is 4.68 Å². The zero-order chi connectivity index (χ0) is 11.4. The molecule has 86 valence electrons. The van der Waals surface area contributed by atoms with Crippen molar-refractivity contribution in [1.82, 2.24) is 15.0 Å². The van der Waals surface area contributed by atoms with E-state index in [9.17, 15) is 5.11 Å². The second-order valence-corrected chi connectivity index (χ2v) is 3.75. The van der Waals surface area contributed by atoms with Crippen LogP contribution in [-0.4, -0.2) is 43.0 Å². The standard InChI is InChI=1S/C9H17N3O3/c1-6(2)9-8(5-14)10-11-12(9)3-7(15)4-13/h6-7,13-15H,3-5H2,1-2H3. The first kappa shape index (κ1) is 12.1. The fourth-order valence-electron chi connectivity index (χ4n) is 1.49. The first-order chi connectivity index (χ1) is 7.10. The molecule has 15 heavy (non-hydrogen) atoms. The number of hydrogen-bond donors (Lipinski definition) is 3. The van der Waals surface area contributed by atoms with E-state index in [0.717, 1.165) is 5.69 Å². The fraction of sp³-hybridized carbons (Fsp3) is 0.778.